The van der Waals surface area contributed by atoms with Gasteiger partial charge >= 0.3 is 6.03 Å². The molecule has 0 saturated carbocycles. The Labute approximate surface area is 203 Å². The number of amides is 2. The van der Waals surface area contributed by atoms with E-state index >= 15 is 0 Å². The second kappa shape index (κ2) is 10.6. The predicted octanol–water partition coefficient (Wildman–Crippen LogP) is 3.50. The molecule has 0 unspecified atom stereocenters. The molecule has 1 saturated heterocycles. The Bertz CT molecular complexity index is 1110. The van der Waals surface area contributed by atoms with Gasteiger partial charge in [-0.3, -0.25) is 14.3 Å². The number of hydrogen-bond donors (Lipinski definition) is 2. The minimum absolute atomic E-state index is 0. The van der Waals surface area contributed by atoms with Gasteiger partial charge in [0.1, 0.15) is 12.1 Å². The lowest BCUT2D eigenvalue weighted by Crippen LogP contribution is -2.46. The molecule has 1 aliphatic heterocycles. The van der Waals surface area contributed by atoms with Crippen molar-refractivity contribution in [3.8, 4) is 17.0 Å². The van der Waals surface area contributed by atoms with Crippen LogP contribution in [0.25, 0.3) is 11.3 Å². The third-order valence-electron chi connectivity index (χ3n) is 6.02. The quantitative estimate of drug-likeness (QED) is 0.543. The summed E-state index contributed by atoms with van der Waals surface area (Å²) >= 11 is 0. The highest BCUT2D eigenvalue weighted by atomic mass is 79.9. The van der Waals surface area contributed by atoms with Crippen molar-refractivity contribution >= 4 is 28.9 Å². The highest BCUT2D eigenvalue weighted by Gasteiger charge is 2.26. The van der Waals surface area contributed by atoms with E-state index in [-0.39, 0.29) is 40.4 Å². The van der Waals surface area contributed by atoms with Crippen molar-refractivity contribution in [2.24, 2.45) is 5.73 Å². The molecule has 0 radical (unpaired) electrons. The number of imidazole rings is 1. The second-order valence-electron chi connectivity index (χ2n) is 8.15. The van der Waals surface area contributed by atoms with Crippen LogP contribution in [0.1, 0.15) is 28.8 Å². The first-order chi connectivity index (χ1) is 15.4. The van der Waals surface area contributed by atoms with Gasteiger partial charge in [-0.15, -0.1) is 17.0 Å². The number of likely N-dealkylation sites (tertiary alicyclic amines) is 1. The molecule has 2 aromatic carbocycles. The highest BCUT2D eigenvalue weighted by Crippen LogP contribution is 2.25. The maximum Gasteiger partial charge on any atom is 0.329 e. The normalized spacial score (nSPS) is 14.5. The monoisotopic (exact) mass is 513 g/mol. The van der Waals surface area contributed by atoms with Crippen molar-refractivity contribution in [3.05, 3.63) is 72.2 Å². The van der Waals surface area contributed by atoms with Crippen LogP contribution in [0.4, 0.5) is 4.79 Å². The van der Waals surface area contributed by atoms with Gasteiger partial charge in [-0.05, 0) is 36.6 Å². The van der Waals surface area contributed by atoms with E-state index in [2.05, 4.69) is 34.1 Å². The fourth-order valence-electron chi connectivity index (χ4n) is 4.11. The second-order valence-corrected chi connectivity index (χ2v) is 8.15. The lowest BCUT2D eigenvalue weighted by Gasteiger charge is -2.36. The van der Waals surface area contributed by atoms with Crippen LogP contribution in [0, 0.1) is 0 Å². The molecule has 0 bridgehead atoms. The minimum atomic E-state index is -0.724. The van der Waals surface area contributed by atoms with Crippen molar-refractivity contribution in [2.45, 2.75) is 25.4 Å². The number of phenols is 1. The van der Waals surface area contributed by atoms with Gasteiger partial charge in [0, 0.05) is 44.5 Å². The van der Waals surface area contributed by atoms with E-state index in [0.717, 1.165) is 32.5 Å². The summed E-state index contributed by atoms with van der Waals surface area (Å²) in [7, 11) is 1.82. The minimum Gasteiger partial charge on any atom is -0.507 e. The highest BCUT2D eigenvalue weighted by molar-refractivity contribution is 8.93. The molecule has 2 heterocycles. The van der Waals surface area contributed by atoms with Crippen LogP contribution < -0.4 is 5.73 Å². The first kappa shape index (κ1) is 24.5. The summed E-state index contributed by atoms with van der Waals surface area (Å²) < 4.78 is 1.45. The van der Waals surface area contributed by atoms with Crippen LogP contribution in [-0.4, -0.2) is 62.6 Å². The molecule has 9 heteroatoms. The SMILES string of the molecule is Br.CN(C(=O)n1cnc(-c2ccc(O)c(C(N)=O)c2)c1)C1CCN(Cc2ccccc2)CC1. The number of carbonyl (C=O) groups excluding carboxylic acids is 2. The van der Waals surface area contributed by atoms with Gasteiger partial charge in [0.15, 0.2) is 0 Å². The maximum absolute atomic E-state index is 13.0. The fraction of sp³-hybridized carbons (Fsp3) is 0.292. The molecule has 174 valence electrons. The third kappa shape index (κ3) is 5.61. The van der Waals surface area contributed by atoms with Crippen molar-refractivity contribution in [2.75, 3.05) is 20.1 Å². The number of nitrogens with zero attached hydrogens (tertiary/aromatic N) is 4. The number of rotatable bonds is 5. The molecule has 33 heavy (non-hydrogen) atoms. The summed E-state index contributed by atoms with van der Waals surface area (Å²) in [6.07, 6.45) is 4.92. The summed E-state index contributed by atoms with van der Waals surface area (Å²) in [4.78, 5) is 33.0. The van der Waals surface area contributed by atoms with E-state index in [9.17, 15) is 14.7 Å². The molecule has 0 aliphatic carbocycles. The summed E-state index contributed by atoms with van der Waals surface area (Å²) in [5.41, 5.74) is 7.74. The standard InChI is InChI=1S/C24H27N5O3.BrH/c1-27(19-9-11-28(12-10-19)14-17-5-3-2-4-6-17)24(32)29-15-21(26-16-29)18-7-8-22(30)20(13-18)23(25)31;/h2-8,13,15-16,19,30H,9-12,14H2,1H3,(H2,25,31);1H. The number of benzene rings is 2. The summed E-state index contributed by atoms with van der Waals surface area (Å²) in [6, 6.07) is 14.9. The van der Waals surface area contributed by atoms with Crippen molar-refractivity contribution in [1.29, 1.82) is 0 Å². The number of piperidine rings is 1. The Morgan fingerprint density at radius 1 is 1.15 bits per heavy atom. The summed E-state index contributed by atoms with van der Waals surface area (Å²) in [5, 5.41) is 9.77. The van der Waals surface area contributed by atoms with E-state index in [1.54, 1.807) is 17.2 Å². The van der Waals surface area contributed by atoms with E-state index in [1.807, 2.05) is 13.1 Å². The van der Waals surface area contributed by atoms with E-state index < -0.39 is 5.91 Å². The number of aromatic nitrogens is 2. The zero-order chi connectivity index (χ0) is 22.7. The number of hydrogen-bond acceptors (Lipinski definition) is 5. The van der Waals surface area contributed by atoms with Crippen LogP contribution in [-0.2, 0) is 6.54 Å². The molecular formula is C24H28BrN5O3. The van der Waals surface area contributed by atoms with Crippen molar-refractivity contribution < 1.29 is 14.7 Å². The molecule has 2 amide bonds. The van der Waals surface area contributed by atoms with Crippen molar-refractivity contribution in [3.63, 3.8) is 0 Å². The van der Waals surface area contributed by atoms with Gasteiger partial charge in [-0.25, -0.2) is 9.78 Å². The van der Waals surface area contributed by atoms with Gasteiger partial charge < -0.3 is 15.7 Å². The maximum atomic E-state index is 13.0. The number of halogens is 1. The number of carbonyl (C=O) groups is 2. The van der Waals surface area contributed by atoms with Crippen LogP contribution >= 0.6 is 17.0 Å². The van der Waals surface area contributed by atoms with Gasteiger partial charge in [0.05, 0.1) is 11.3 Å². The smallest absolute Gasteiger partial charge is 0.329 e. The van der Waals surface area contributed by atoms with Crippen LogP contribution in [0.15, 0.2) is 61.1 Å². The molecule has 1 aliphatic rings. The summed E-state index contributed by atoms with van der Waals surface area (Å²) in [6.45, 7) is 2.81. The van der Waals surface area contributed by atoms with Crippen molar-refractivity contribution in [1.82, 2.24) is 19.4 Å². The number of primary amides is 1. The average Bonchev–Trinajstić information content (AvgIpc) is 3.30. The molecule has 1 fully saturated rings. The van der Waals surface area contributed by atoms with Crippen LogP contribution in [0.5, 0.6) is 5.75 Å². The van der Waals surface area contributed by atoms with Crippen LogP contribution in [0.3, 0.4) is 0 Å². The Morgan fingerprint density at radius 2 is 1.85 bits per heavy atom. The van der Waals surface area contributed by atoms with Gasteiger partial charge in [-0.2, -0.15) is 0 Å². The Hall–Kier alpha value is -3.17. The Balaban J connectivity index is 0.00000306. The molecule has 4 rings (SSSR count). The lowest BCUT2D eigenvalue weighted by molar-refractivity contribution is 0.0997. The predicted molar refractivity (Wildman–Crippen MR) is 131 cm³/mol. The van der Waals surface area contributed by atoms with E-state index in [1.165, 1.54) is 28.6 Å². The van der Waals surface area contributed by atoms with Gasteiger partial charge in [0.25, 0.3) is 5.91 Å². The van der Waals surface area contributed by atoms with Gasteiger partial charge in [-0.1, -0.05) is 30.3 Å². The Morgan fingerprint density at radius 3 is 2.52 bits per heavy atom. The number of nitrogens with two attached hydrogens (primary N) is 1. The molecule has 3 aromatic rings. The first-order valence-electron chi connectivity index (χ1n) is 10.6. The molecule has 1 aromatic heterocycles. The third-order valence-corrected chi connectivity index (χ3v) is 6.02. The first-order valence-corrected chi connectivity index (χ1v) is 10.6. The molecule has 3 N–H and O–H groups in total. The lowest BCUT2D eigenvalue weighted by atomic mass is 10.0. The van der Waals surface area contributed by atoms with Crippen LogP contribution in [0.2, 0.25) is 0 Å². The topological polar surface area (TPSA) is 105 Å². The molecular weight excluding hydrogens is 486 g/mol. The van der Waals surface area contributed by atoms with E-state index in [4.69, 9.17) is 5.73 Å². The zero-order valence-corrected chi connectivity index (χ0v) is 20.1. The summed E-state index contributed by atoms with van der Waals surface area (Å²) in [5.74, 6) is -0.909. The largest absolute Gasteiger partial charge is 0.507 e. The molecule has 8 nitrogen and oxygen atoms in total. The average molecular weight is 514 g/mol. The number of aromatic hydroxyl groups is 1. The Kier molecular flexibility index (Phi) is 7.88. The molecule has 0 spiro atoms. The van der Waals surface area contributed by atoms with Gasteiger partial charge in [0.2, 0.25) is 0 Å². The molecule has 0 atom stereocenters. The van der Waals surface area contributed by atoms with E-state index in [0.29, 0.717) is 11.3 Å². The zero-order valence-electron chi connectivity index (χ0n) is 18.4. The fourth-order valence-corrected chi connectivity index (χ4v) is 4.11.